The third-order valence-corrected chi connectivity index (χ3v) is 6.86. The molecule has 0 aromatic heterocycles. The summed E-state index contributed by atoms with van der Waals surface area (Å²) in [6.07, 6.45) is 0.138. The van der Waals surface area contributed by atoms with E-state index in [0.717, 1.165) is 43.4 Å². The first-order chi connectivity index (χ1) is 14.9. The molecule has 164 valence electrons. The fourth-order valence-corrected chi connectivity index (χ4v) is 5.23. The summed E-state index contributed by atoms with van der Waals surface area (Å²) in [6, 6.07) is 14.7. The first-order valence-electron chi connectivity index (χ1n) is 10.8. The third kappa shape index (κ3) is 3.65. The summed E-state index contributed by atoms with van der Waals surface area (Å²) >= 11 is 0. The number of halogens is 2. The van der Waals surface area contributed by atoms with Crippen LogP contribution in [0.15, 0.2) is 48.5 Å². The molecule has 0 amide bonds. The Morgan fingerprint density at radius 1 is 1.16 bits per heavy atom. The van der Waals surface area contributed by atoms with Crippen LogP contribution in [0.25, 0.3) is 0 Å². The molecule has 0 unspecified atom stereocenters. The second kappa shape index (κ2) is 7.48. The Morgan fingerprint density at radius 3 is 2.74 bits per heavy atom. The molecule has 7 heteroatoms. The van der Waals surface area contributed by atoms with Crippen molar-refractivity contribution in [2.45, 2.75) is 56.4 Å². The monoisotopic (exact) mass is 429 g/mol. The fourth-order valence-electron chi connectivity index (χ4n) is 5.23. The molecular weight excluding hydrogens is 404 g/mol. The lowest BCUT2D eigenvalue weighted by Gasteiger charge is -2.35. The molecule has 5 rings (SSSR count). The van der Waals surface area contributed by atoms with Gasteiger partial charge in [0.25, 0.3) is 0 Å². The number of carbonyl (C=O) groups excluding carboxylic acids is 1. The maximum atomic E-state index is 13.4. The smallest absolute Gasteiger partial charge is 0.463 e. The normalized spacial score (nSPS) is 27.1. The number of esters is 1. The van der Waals surface area contributed by atoms with Crippen LogP contribution < -0.4 is 9.47 Å². The number of alkyl halides is 2. The summed E-state index contributed by atoms with van der Waals surface area (Å²) in [4.78, 5) is 15.1. The number of hydrogen-bond donors (Lipinski definition) is 0. The first kappa shape index (κ1) is 20.2. The van der Waals surface area contributed by atoms with Gasteiger partial charge in [-0.1, -0.05) is 36.4 Å². The summed E-state index contributed by atoms with van der Waals surface area (Å²) in [6.45, 7) is 3.10. The van der Waals surface area contributed by atoms with Crippen molar-refractivity contribution in [3.63, 3.8) is 0 Å². The van der Waals surface area contributed by atoms with Crippen LogP contribution >= 0.6 is 0 Å². The Bertz CT molecular complexity index is 983. The molecule has 31 heavy (non-hydrogen) atoms. The molecule has 0 spiro atoms. The number of benzene rings is 2. The highest BCUT2D eigenvalue weighted by Gasteiger charge is 2.51. The van der Waals surface area contributed by atoms with Gasteiger partial charge in [-0.2, -0.15) is 0 Å². The number of ether oxygens (including phenoxy) is 3. The van der Waals surface area contributed by atoms with Crippen molar-refractivity contribution in [2.75, 3.05) is 13.2 Å². The lowest BCUT2D eigenvalue weighted by atomic mass is 9.94. The average molecular weight is 429 g/mol. The van der Waals surface area contributed by atoms with Gasteiger partial charge in [0.05, 0.1) is 11.5 Å². The van der Waals surface area contributed by atoms with Crippen molar-refractivity contribution >= 4 is 5.97 Å². The standard InChI is InChI=1S/C24H25F2NO4/c1-16(17-6-3-2-4-7-17)22(28)29-15-23-11-5-13-27(23)19(10-12-23)18-8-9-20-21(14-18)31-24(25,26)30-20/h2-4,6-9,14,16,19H,5,10-13,15H2,1H3/t16-,19+,23+/m0/s1. The zero-order chi connectivity index (χ0) is 21.6. The minimum absolute atomic E-state index is 0.0586. The lowest BCUT2D eigenvalue weighted by Crippen LogP contribution is -2.44. The molecule has 3 aliphatic rings. The SMILES string of the molecule is C[C@H](C(=O)OC[C@]12CCCN1[C@@H](c1ccc3c(c1)OC(F)(F)O3)CC2)c1ccccc1. The molecule has 0 bridgehead atoms. The summed E-state index contributed by atoms with van der Waals surface area (Å²) in [5.41, 5.74) is 1.67. The maximum absolute atomic E-state index is 13.4. The van der Waals surface area contributed by atoms with Crippen LogP contribution in [0.3, 0.4) is 0 Å². The van der Waals surface area contributed by atoms with Gasteiger partial charge >= 0.3 is 12.3 Å². The predicted octanol–water partition coefficient (Wildman–Crippen LogP) is 5.02. The van der Waals surface area contributed by atoms with E-state index in [0.29, 0.717) is 6.61 Å². The predicted molar refractivity (Wildman–Crippen MR) is 109 cm³/mol. The van der Waals surface area contributed by atoms with Gasteiger partial charge in [0.15, 0.2) is 11.5 Å². The minimum atomic E-state index is -3.61. The molecule has 2 saturated heterocycles. The minimum Gasteiger partial charge on any atom is -0.463 e. The number of nitrogens with zero attached hydrogens (tertiary/aromatic N) is 1. The van der Waals surface area contributed by atoms with Gasteiger partial charge in [-0.3, -0.25) is 9.69 Å². The number of carbonyl (C=O) groups is 1. The number of rotatable bonds is 5. The van der Waals surface area contributed by atoms with E-state index >= 15 is 0 Å². The van der Waals surface area contributed by atoms with Crippen molar-refractivity contribution < 1.29 is 27.8 Å². The summed E-state index contributed by atoms with van der Waals surface area (Å²) in [5, 5.41) is 0. The number of hydrogen-bond acceptors (Lipinski definition) is 5. The molecule has 3 heterocycles. The largest absolute Gasteiger partial charge is 0.586 e. The first-order valence-corrected chi connectivity index (χ1v) is 10.8. The Morgan fingerprint density at radius 2 is 1.94 bits per heavy atom. The van der Waals surface area contributed by atoms with Crippen molar-refractivity contribution in [3.8, 4) is 11.5 Å². The van der Waals surface area contributed by atoms with Gasteiger partial charge in [-0.15, -0.1) is 8.78 Å². The van der Waals surface area contributed by atoms with Gasteiger partial charge in [-0.25, -0.2) is 0 Å². The molecule has 0 N–H and O–H groups in total. The van der Waals surface area contributed by atoms with Gasteiger partial charge in [-0.05, 0) is 62.4 Å². The van der Waals surface area contributed by atoms with Crippen LogP contribution in [-0.4, -0.2) is 35.9 Å². The maximum Gasteiger partial charge on any atom is 0.586 e. The second-order valence-corrected chi connectivity index (χ2v) is 8.69. The zero-order valence-electron chi connectivity index (χ0n) is 17.4. The van der Waals surface area contributed by atoms with Crippen LogP contribution in [0.5, 0.6) is 11.5 Å². The molecule has 3 atom stereocenters. The Balaban J connectivity index is 1.29. The lowest BCUT2D eigenvalue weighted by molar-refractivity contribution is -0.286. The molecular formula is C24H25F2NO4. The van der Waals surface area contributed by atoms with Crippen molar-refractivity contribution in [3.05, 3.63) is 59.7 Å². The van der Waals surface area contributed by atoms with Gasteiger partial charge in [0, 0.05) is 6.04 Å². The molecule has 2 aromatic rings. The van der Waals surface area contributed by atoms with Gasteiger partial charge in [0.2, 0.25) is 0 Å². The summed E-state index contributed by atoms with van der Waals surface area (Å²) in [5.74, 6) is -0.410. The molecule has 2 aromatic carbocycles. The van der Waals surface area contributed by atoms with Crippen LogP contribution in [0.4, 0.5) is 8.78 Å². The van der Waals surface area contributed by atoms with E-state index in [4.69, 9.17) is 4.74 Å². The van der Waals surface area contributed by atoms with Crippen molar-refractivity contribution in [2.24, 2.45) is 0 Å². The van der Waals surface area contributed by atoms with E-state index in [1.807, 2.05) is 43.3 Å². The van der Waals surface area contributed by atoms with Crippen LogP contribution in [0.2, 0.25) is 0 Å². The Labute approximate surface area is 179 Å². The highest BCUT2D eigenvalue weighted by molar-refractivity contribution is 5.77. The fraction of sp³-hybridized carbons (Fsp3) is 0.458. The Hall–Kier alpha value is -2.67. The zero-order valence-corrected chi connectivity index (χ0v) is 17.4. The number of fused-ring (bicyclic) bond motifs is 2. The average Bonchev–Trinajstić information content (AvgIpc) is 3.41. The van der Waals surface area contributed by atoms with Crippen molar-refractivity contribution in [1.29, 1.82) is 0 Å². The quantitative estimate of drug-likeness (QED) is 0.625. The van der Waals surface area contributed by atoms with Crippen LogP contribution in [0.1, 0.15) is 55.7 Å². The van der Waals surface area contributed by atoms with E-state index in [9.17, 15) is 13.6 Å². The molecule has 0 radical (unpaired) electrons. The molecule has 3 aliphatic heterocycles. The molecule has 0 saturated carbocycles. The van der Waals surface area contributed by atoms with E-state index in [2.05, 4.69) is 14.4 Å². The molecule has 5 nitrogen and oxygen atoms in total. The van der Waals surface area contributed by atoms with E-state index < -0.39 is 6.29 Å². The van der Waals surface area contributed by atoms with Gasteiger partial charge in [0.1, 0.15) is 6.61 Å². The Kier molecular flexibility index (Phi) is 4.88. The van der Waals surface area contributed by atoms with Crippen molar-refractivity contribution in [1.82, 2.24) is 4.90 Å². The van der Waals surface area contributed by atoms with Crippen LogP contribution in [-0.2, 0) is 9.53 Å². The summed E-state index contributed by atoms with van der Waals surface area (Å²) < 4.78 is 41.7. The van der Waals surface area contributed by atoms with E-state index in [1.54, 1.807) is 12.1 Å². The molecule has 2 fully saturated rings. The van der Waals surface area contributed by atoms with E-state index in [-0.39, 0.29) is 35.0 Å². The second-order valence-electron chi connectivity index (χ2n) is 8.69. The van der Waals surface area contributed by atoms with Gasteiger partial charge < -0.3 is 14.2 Å². The summed E-state index contributed by atoms with van der Waals surface area (Å²) in [7, 11) is 0. The third-order valence-electron chi connectivity index (χ3n) is 6.86. The highest BCUT2D eigenvalue weighted by atomic mass is 19.3. The highest BCUT2D eigenvalue weighted by Crippen LogP contribution is 2.51. The molecule has 0 aliphatic carbocycles. The van der Waals surface area contributed by atoms with E-state index in [1.165, 1.54) is 0 Å². The topological polar surface area (TPSA) is 48.0 Å². The van der Waals surface area contributed by atoms with Crippen LogP contribution in [0, 0.1) is 0 Å².